The third kappa shape index (κ3) is 75.5. The molecule has 0 bridgehead atoms. The minimum atomic E-state index is -2.33. The van der Waals surface area contributed by atoms with Crippen molar-refractivity contribution < 1.29 is 45.0 Å². The van der Waals surface area contributed by atoms with Crippen molar-refractivity contribution in [3.63, 3.8) is 0 Å². The predicted molar refractivity (Wildman–Crippen MR) is 16.2 cm³/mol. The lowest BCUT2D eigenvalue weighted by Crippen LogP contribution is -2.37. The van der Waals surface area contributed by atoms with E-state index < -0.39 is 18.5 Å². The lowest BCUT2D eigenvalue weighted by molar-refractivity contribution is -0.417. The topological polar surface area (TPSA) is 190 Å². The average Bonchev–Trinajstić information content (AvgIpc) is 1.54. The molecule has 0 radical (unpaired) electrons. The molecule has 0 aliphatic carbocycles. The summed E-state index contributed by atoms with van der Waals surface area (Å²) < 4.78 is 0. The highest BCUT2D eigenvalue weighted by atomic mass is 16.6. The second kappa shape index (κ2) is 11.6. The Labute approximate surface area is 64.7 Å². The van der Waals surface area contributed by atoms with Gasteiger partial charge in [-0.2, -0.15) is 0 Å². The fraction of sp³-hybridized carbons (Fsp3) is 0. The molecule has 0 aliphatic rings. The van der Waals surface area contributed by atoms with Gasteiger partial charge in [0.1, 0.15) is 0 Å². The van der Waals surface area contributed by atoms with Crippen molar-refractivity contribution in [3.05, 3.63) is 0 Å². The number of carbonyl (C=O) groups is 3. The maximum atomic E-state index is 8.33. The number of hydrogen-bond acceptors (Lipinski definition) is 9. The summed E-state index contributed by atoms with van der Waals surface area (Å²) in [6, 6.07) is 0. The molecule has 0 amide bonds. The standard InChI is InChI=1S/3CH2O3/c3*2-1(3)4/h3*(H2,2,3,4)/p-6. The van der Waals surface area contributed by atoms with Crippen LogP contribution in [-0.2, 0) is 0 Å². The van der Waals surface area contributed by atoms with Crippen molar-refractivity contribution in [1.29, 1.82) is 0 Å². The molecule has 0 saturated heterocycles. The van der Waals surface area contributed by atoms with Gasteiger partial charge in [-0.25, -0.2) is 0 Å². The average molecular weight is 180 g/mol. The summed E-state index contributed by atoms with van der Waals surface area (Å²) in [5, 5.41) is 50.0. The van der Waals surface area contributed by atoms with E-state index in [1.54, 1.807) is 0 Å². The van der Waals surface area contributed by atoms with Crippen molar-refractivity contribution in [2.75, 3.05) is 0 Å². The van der Waals surface area contributed by atoms with Crippen LogP contribution in [0.3, 0.4) is 0 Å². The van der Waals surface area contributed by atoms with Gasteiger partial charge >= 0.3 is 0 Å². The Hall–Kier alpha value is -2.19. The summed E-state index contributed by atoms with van der Waals surface area (Å²) in [4.78, 5) is 25.0. The number of hydrogen-bond donors (Lipinski definition) is 0. The van der Waals surface area contributed by atoms with Crippen molar-refractivity contribution in [3.8, 4) is 0 Å². The van der Waals surface area contributed by atoms with Crippen LogP contribution in [-0.4, -0.2) is 18.5 Å². The highest BCUT2D eigenvalue weighted by Gasteiger charge is 1.27. The first-order valence-corrected chi connectivity index (χ1v) is 1.84. The van der Waals surface area contributed by atoms with Gasteiger partial charge in [-0.1, -0.05) is 0 Å². The zero-order chi connectivity index (χ0) is 10.7. The van der Waals surface area contributed by atoms with Gasteiger partial charge in [0, 0.05) is 0 Å². The van der Waals surface area contributed by atoms with Crippen molar-refractivity contribution in [2.45, 2.75) is 0 Å². The Balaban J connectivity index is -0.000000101. The van der Waals surface area contributed by atoms with Crippen LogP contribution in [0.2, 0.25) is 0 Å². The zero-order valence-corrected chi connectivity index (χ0v) is 5.17. The Morgan fingerprint density at radius 2 is 0.500 bits per heavy atom. The Morgan fingerprint density at radius 3 is 0.500 bits per heavy atom. The maximum Gasteiger partial charge on any atom is -0.0431 e. The summed E-state index contributed by atoms with van der Waals surface area (Å²) in [6.07, 6.45) is -7.00. The van der Waals surface area contributed by atoms with Gasteiger partial charge in [0.2, 0.25) is 0 Å². The predicted octanol–water partition coefficient (Wildman–Crippen LogP) is -7.34. The van der Waals surface area contributed by atoms with Crippen molar-refractivity contribution >= 4 is 18.5 Å². The van der Waals surface area contributed by atoms with E-state index in [0.717, 1.165) is 0 Å². The summed E-state index contributed by atoms with van der Waals surface area (Å²) in [5.74, 6) is 0. The Kier molecular flexibility index (Phi) is 15.9. The van der Waals surface area contributed by atoms with Gasteiger partial charge in [-0.3, -0.25) is 0 Å². The largest absolute Gasteiger partial charge is 0.652 e. The van der Waals surface area contributed by atoms with Crippen LogP contribution in [0.15, 0.2) is 0 Å². The third-order valence-corrected chi connectivity index (χ3v) is 0. The molecule has 0 saturated carbocycles. The molecule has 12 heavy (non-hydrogen) atoms. The quantitative estimate of drug-likeness (QED) is 0.348. The molecule has 9 nitrogen and oxygen atoms in total. The van der Waals surface area contributed by atoms with Gasteiger partial charge < -0.3 is 45.0 Å². The van der Waals surface area contributed by atoms with Crippen LogP contribution < -0.4 is 30.6 Å². The van der Waals surface area contributed by atoms with Gasteiger partial charge in [0.25, 0.3) is 0 Å². The smallest absolute Gasteiger partial charge is 0.0431 e. The Morgan fingerprint density at radius 1 is 0.500 bits per heavy atom. The summed E-state index contributed by atoms with van der Waals surface area (Å²) in [6.45, 7) is 0. The third-order valence-electron chi connectivity index (χ3n) is 0. The van der Waals surface area contributed by atoms with Crippen molar-refractivity contribution in [2.24, 2.45) is 0 Å². The molecule has 0 unspecified atom stereocenters. The van der Waals surface area contributed by atoms with Gasteiger partial charge in [0.05, 0.1) is 0 Å². The zero-order valence-electron chi connectivity index (χ0n) is 5.17. The van der Waals surface area contributed by atoms with Crippen LogP contribution in [0.4, 0.5) is 14.4 Å². The monoisotopic (exact) mass is 180 g/mol. The van der Waals surface area contributed by atoms with Crippen LogP contribution in [0.5, 0.6) is 0 Å². The maximum absolute atomic E-state index is 8.33. The molecule has 0 N–H and O–H groups in total. The first-order chi connectivity index (χ1) is 5.20. The molecule has 0 aromatic carbocycles. The van der Waals surface area contributed by atoms with E-state index in [4.69, 9.17) is 45.0 Å². The molecule has 9 heteroatoms. The van der Waals surface area contributed by atoms with E-state index in [1.807, 2.05) is 0 Å². The number of rotatable bonds is 0. The lowest BCUT2D eigenvalue weighted by atomic mass is 11.5. The molecule has 0 aromatic heterocycles. The van der Waals surface area contributed by atoms with E-state index >= 15 is 0 Å². The molecular formula is C3O9-6. The fourth-order valence-corrected chi connectivity index (χ4v) is 0. The minimum absolute atomic E-state index is 2.33. The number of carbonyl (C=O) groups excluding carboxylic acids is 3. The van der Waals surface area contributed by atoms with Gasteiger partial charge in [-0.15, -0.1) is 0 Å². The second-order valence-corrected chi connectivity index (χ2v) is 0.750. The molecule has 0 aliphatic heterocycles. The molecule has 0 rings (SSSR count). The highest BCUT2D eigenvalue weighted by molar-refractivity contribution is 5.48. The first-order valence-electron chi connectivity index (χ1n) is 1.84. The molecule has 0 spiro atoms. The summed E-state index contributed by atoms with van der Waals surface area (Å²) in [5.41, 5.74) is 0. The van der Waals surface area contributed by atoms with Gasteiger partial charge in [0.15, 0.2) is 0 Å². The van der Waals surface area contributed by atoms with E-state index in [0.29, 0.717) is 0 Å². The van der Waals surface area contributed by atoms with Crippen LogP contribution >= 0.6 is 0 Å². The fourth-order valence-electron chi connectivity index (χ4n) is 0. The van der Waals surface area contributed by atoms with E-state index in [1.165, 1.54) is 0 Å². The molecule has 0 heterocycles. The Bertz CT molecular complexity index is 107. The molecule has 0 aromatic rings. The normalized spacial score (nSPS) is 6.00. The first kappa shape index (κ1) is 16.4. The molecule has 0 atom stereocenters. The molecular weight excluding hydrogens is 180 g/mol. The second-order valence-electron chi connectivity index (χ2n) is 0.750. The molecule has 72 valence electrons. The molecule has 0 fully saturated rings. The van der Waals surface area contributed by atoms with Crippen molar-refractivity contribution in [1.82, 2.24) is 0 Å². The van der Waals surface area contributed by atoms with Crippen LogP contribution in [0.25, 0.3) is 0 Å². The van der Waals surface area contributed by atoms with E-state index in [2.05, 4.69) is 0 Å². The van der Waals surface area contributed by atoms with E-state index in [9.17, 15) is 0 Å². The van der Waals surface area contributed by atoms with E-state index in [-0.39, 0.29) is 0 Å². The SMILES string of the molecule is O=C([O-])[O-].O=C([O-])[O-].O=C([O-])[O-]. The van der Waals surface area contributed by atoms with Gasteiger partial charge in [-0.05, 0) is 18.5 Å². The lowest BCUT2D eigenvalue weighted by Gasteiger charge is -1.96. The number of carboxylic acid groups (broad SMARTS) is 6. The summed E-state index contributed by atoms with van der Waals surface area (Å²) in [7, 11) is 0. The van der Waals surface area contributed by atoms with Crippen LogP contribution in [0, 0.1) is 0 Å². The highest BCUT2D eigenvalue weighted by Crippen LogP contribution is 1.21. The van der Waals surface area contributed by atoms with Crippen LogP contribution in [0.1, 0.15) is 0 Å². The minimum Gasteiger partial charge on any atom is -0.652 e. The summed E-state index contributed by atoms with van der Waals surface area (Å²) >= 11 is 0.